The third kappa shape index (κ3) is 4.59. The minimum Gasteiger partial charge on any atom is -0.476 e. The molecule has 1 aliphatic rings. The molecule has 0 saturated carbocycles. The first-order chi connectivity index (χ1) is 8.45. The highest BCUT2D eigenvalue weighted by atomic mass is 35.5. The molecular formula is C11H18ClN3O3S. The number of hydrogen-bond donors (Lipinski definition) is 1. The molecule has 1 saturated heterocycles. The van der Waals surface area contributed by atoms with Crippen molar-refractivity contribution in [1.29, 1.82) is 0 Å². The molecule has 0 unspecified atom stereocenters. The van der Waals surface area contributed by atoms with Gasteiger partial charge in [0.25, 0.3) is 0 Å². The summed E-state index contributed by atoms with van der Waals surface area (Å²) in [4.78, 5) is 7.76. The molecule has 8 heteroatoms. The van der Waals surface area contributed by atoms with Gasteiger partial charge in [0.2, 0.25) is 5.88 Å². The molecule has 1 aliphatic heterocycles. The van der Waals surface area contributed by atoms with Crippen LogP contribution in [0.2, 0.25) is 0 Å². The minimum atomic E-state index is -3.30. The van der Waals surface area contributed by atoms with Crippen molar-refractivity contribution in [2.75, 3.05) is 19.4 Å². The monoisotopic (exact) mass is 307 g/mol. The van der Waals surface area contributed by atoms with Crippen LogP contribution in [0, 0.1) is 5.92 Å². The topological polar surface area (TPSA) is 81.2 Å². The number of aromatic nitrogens is 2. The first-order valence-electron chi connectivity index (χ1n) is 5.83. The van der Waals surface area contributed by atoms with Crippen LogP contribution in [0.4, 0.5) is 0 Å². The Morgan fingerprint density at radius 1 is 1.42 bits per heavy atom. The summed E-state index contributed by atoms with van der Waals surface area (Å²) in [5, 5.41) is 3.30. The van der Waals surface area contributed by atoms with E-state index in [0.717, 1.165) is 19.2 Å². The maximum absolute atomic E-state index is 11.2. The molecule has 1 aromatic rings. The fourth-order valence-electron chi connectivity index (χ4n) is 1.94. The van der Waals surface area contributed by atoms with Crippen LogP contribution in [0.3, 0.4) is 0 Å². The molecule has 2 heterocycles. The molecule has 1 fully saturated rings. The quantitative estimate of drug-likeness (QED) is 0.881. The molecule has 0 bridgehead atoms. The Kier molecular flexibility index (Phi) is 5.51. The van der Waals surface area contributed by atoms with E-state index >= 15 is 0 Å². The Hall–Kier alpha value is -0.920. The lowest BCUT2D eigenvalue weighted by atomic mass is 10.1. The van der Waals surface area contributed by atoms with Gasteiger partial charge in [0.15, 0.2) is 14.9 Å². The van der Waals surface area contributed by atoms with Gasteiger partial charge in [-0.2, -0.15) is 0 Å². The van der Waals surface area contributed by atoms with Crippen LogP contribution in [-0.4, -0.2) is 43.8 Å². The fraction of sp³-hybridized carbons (Fsp3) is 0.636. The average molecular weight is 308 g/mol. The van der Waals surface area contributed by atoms with E-state index in [1.54, 1.807) is 0 Å². The van der Waals surface area contributed by atoms with Gasteiger partial charge in [-0.15, -0.1) is 12.4 Å². The Bertz CT molecular complexity index is 506. The van der Waals surface area contributed by atoms with Crippen molar-refractivity contribution < 1.29 is 13.2 Å². The van der Waals surface area contributed by atoms with Gasteiger partial charge in [0.1, 0.15) is 0 Å². The third-order valence-electron chi connectivity index (χ3n) is 2.89. The van der Waals surface area contributed by atoms with Crippen LogP contribution in [0.1, 0.15) is 13.3 Å². The molecule has 0 spiro atoms. The normalized spacial score (nSPS) is 22.8. The van der Waals surface area contributed by atoms with Crippen molar-refractivity contribution in [2.24, 2.45) is 5.92 Å². The van der Waals surface area contributed by atoms with Crippen LogP contribution in [-0.2, 0) is 9.84 Å². The standard InChI is InChI=1S/C11H17N3O3S.ClH/c1-8-3-9(4-12-8)7-17-10-5-14-11(6-13-10)18(2,15)16;/h5-6,8-9,12H,3-4,7H2,1-2H3;1H/t8-,9+;/m1./s1. The summed E-state index contributed by atoms with van der Waals surface area (Å²) in [5.41, 5.74) is 0. The highest BCUT2D eigenvalue weighted by molar-refractivity contribution is 7.90. The molecule has 6 nitrogen and oxygen atoms in total. The van der Waals surface area contributed by atoms with Gasteiger partial charge >= 0.3 is 0 Å². The molecule has 1 N–H and O–H groups in total. The van der Waals surface area contributed by atoms with E-state index in [1.807, 2.05) is 0 Å². The zero-order chi connectivity index (χ0) is 13.2. The van der Waals surface area contributed by atoms with Gasteiger partial charge in [-0.05, 0) is 13.3 Å². The zero-order valence-corrected chi connectivity index (χ0v) is 12.5. The lowest BCUT2D eigenvalue weighted by molar-refractivity contribution is 0.248. The number of sulfone groups is 1. The lowest BCUT2D eigenvalue weighted by Crippen LogP contribution is -2.18. The minimum absolute atomic E-state index is 0. The number of hydrogen-bond acceptors (Lipinski definition) is 6. The van der Waals surface area contributed by atoms with Crippen molar-refractivity contribution >= 4 is 22.2 Å². The number of ether oxygens (including phenoxy) is 1. The Labute approximate surface area is 119 Å². The predicted octanol–water partition coefficient (Wildman–Crippen LogP) is 0.679. The van der Waals surface area contributed by atoms with Crippen LogP contribution in [0.15, 0.2) is 17.4 Å². The molecular weight excluding hydrogens is 290 g/mol. The summed E-state index contributed by atoms with van der Waals surface area (Å²) in [6, 6.07) is 0.525. The van der Waals surface area contributed by atoms with Crippen LogP contribution < -0.4 is 10.1 Å². The second kappa shape index (κ2) is 6.49. The molecule has 0 amide bonds. The highest BCUT2D eigenvalue weighted by Crippen LogP contribution is 2.15. The smallest absolute Gasteiger partial charge is 0.232 e. The molecule has 2 atom stereocenters. The van der Waals surface area contributed by atoms with E-state index in [9.17, 15) is 8.42 Å². The van der Waals surface area contributed by atoms with E-state index in [-0.39, 0.29) is 17.4 Å². The second-order valence-corrected chi connectivity index (χ2v) is 6.65. The molecule has 0 aromatic carbocycles. The lowest BCUT2D eigenvalue weighted by Gasteiger charge is -2.09. The summed E-state index contributed by atoms with van der Waals surface area (Å²) in [7, 11) is -3.30. The molecule has 0 aliphatic carbocycles. The molecule has 1 aromatic heterocycles. The van der Waals surface area contributed by atoms with E-state index in [4.69, 9.17) is 4.74 Å². The zero-order valence-electron chi connectivity index (χ0n) is 10.9. The maximum Gasteiger partial charge on any atom is 0.232 e. The van der Waals surface area contributed by atoms with Gasteiger partial charge in [0.05, 0.1) is 19.0 Å². The Morgan fingerprint density at radius 3 is 2.63 bits per heavy atom. The van der Waals surface area contributed by atoms with E-state index in [1.165, 1.54) is 12.4 Å². The highest BCUT2D eigenvalue weighted by Gasteiger charge is 2.21. The first-order valence-corrected chi connectivity index (χ1v) is 7.72. The van der Waals surface area contributed by atoms with Crippen LogP contribution in [0.25, 0.3) is 0 Å². The number of nitrogens with zero attached hydrogens (tertiary/aromatic N) is 2. The fourth-order valence-corrected chi connectivity index (χ4v) is 2.42. The molecule has 0 radical (unpaired) electrons. The SMILES string of the molecule is C[C@@H]1C[C@H](COc2cnc(S(C)(=O)=O)cn2)CN1.Cl. The van der Waals surface area contributed by atoms with E-state index in [0.29, 0.717) is 24.4 Å². The summed E-state index contributed by atoms with van der Waals surface area (Å²) < 4.78 is 27.9. The third-order valence-corrected chi connectivity index (χ3v) is 3.86. The van der Waals surface area contributed by atoms with Gasteiger partial charge in [-0.3, -0.25) is 0 Å². The first kappa shape index (κ1) is 16.1. The van der Waals surface area contributed by atoms with Crippen molar-refractivity contribution in [3.63, 3.8) is 0 Å². The molecule has 108 valence electrons. The van der Waals surface area contributed by atoms with Crippen molar-refractivity contribution in [1.82, 2.24) is 15.3 Å². The van der Waals surface area contributed by atoms with Crippen molar-refractivity contribution in [2.45, 2.75) is 24.4 Å². The average Bonchev–Trinajstić information content (AvgIpc) is 2.72. The van der Waals surface area contributed by atoms with Crippen LogP contribution >= 0.6 is 12.4 Å². The van der Waals surface area contributed by atoms with Crippen molar-refractivity contribution in [3.8, 4) is 5.88 Å². The Morgan fingerprint density at radius 2 is 2.16 bits per heavy atom. The summed E-state index contributed by atoms with van der Waals surface area (Å²) in [6.45, 7) is 3.65. The maximum atomic E-state index is 11.2. The van der Waals surface area contributed by atoms with Gasteiger partial charge in [-0.1, -0.05) is 0 Å². The van der Waals surface area contributed by atoms with E-state index < -0.39 is 9.84 Å². The summed E-state index contributed by atoms with van der Waals surface area (Å²) >= 11 is 0. The second-order valence-electron chi connectivity index (χ2n) is 4.69. The van der Waals surface area contributed by atoms with Gasteiger partial charge < -0.3 is 10.1 Å². The van der Waals surface area contributed by atoms with Crippen molar-refractivity contribution in [3.05, 3.63) is 12.4 Å². The molecule has 2 rings (SSSR count). The summed E-state index contributed by atoms with van der Waals surface area (Å²) in [6.07, 6.45) is 4.75. The number of rotatable bonds is 4. The van der Waals surface area contributed by atoms with Gasteiger partial charge in [-0.25, -0.2) is 18.4 Å². The number of nitrogens with one attached hydrogen (secondary N) is 1. The molecule has 19 heavy (non-hydrogen) atoms. The number of halogens is 1. The van der Waals surface area contributed by atoms with Gasteiger partial charge in [0, 0.05) is 24.8 Å². The van der Waals surface area contributed by atoms with E-state index in [2.05, 4.69) is 22.2 Å². The predicted molar refractivity (Wildman–Crippen MR) is 73.5 cm³/mol. The summed E-state index contributed by atoms with van der Waals surface area (Å²) in [5.74, 6) is 0.832. The Balaban J connectivity index is 0.00000180. The largest absolute Gasteiger partial charge is 0.476 e. The van der Waals surface area contributed by atoms with Crippen LogP contribution in [0.5, 0.6) is 5.88 Å².